The van der Waals surface area contributed by atoms with E-state index in [4.69, 9.17) is 26.4 Å². The molecule has 2 aromatic carbocycles. The molecule has 1 N–H and O–H groups in total. The second kappa shape index (κ2) is 9.77. The maximum atomic E-state index is 12.1. The molecular weight excluding hydrogens is 486 g/mol. The van der Waals surface area contributed by atoms with Crippen molar-refractivity contribution in [3.63, 3.8) is 0 Å². The summed E-state index contributed by atoms with van der Waals surface area (Å²) in [6.07, 6.45) is 5.24. The molecule has 2 aliphatic heterocycles. The number of hydrazone groups is 1. The van der Waals surface area contributed by atoms with Crippen LogP contribution >= 0.6 is 11.6 Å². The third kappa shape index (κ3) is 5.37. The maximum absolute atomic E-state index is 12.1. The quantitative estimate of drug-likeness (QED) is 0.531. The van der Waals surface area contributed by atoms with Gasteiger partial charge in [-0.05, 0) is 35.3 Å². The van der Waals surface area contributed by atoms with E-state index in [1.54, 1.807) is 5.01 Å². The monoisotopic (exact) mass is 509 g/mol. The first kappa shape index (κ1) is 23.5. The topological polar surface area (TPSA) is 96.8 Å². The largest absolute Gasteiger partial charge is 0.377 e. The fourth-order valence-corrected chi connectivity index (χ4v) is 4.86. The summed E-state index contributed by atoms with van der Waals surface area (Å²) in [5, 5.41) is 7.32. The highest BCUT2D eigenvalue weighted by Gasteiger charge is 2.32. The zero-order valence-electron chi connectivity index (χ0n) is 19.1. The highest BCUT2D eigenvalue weighted by Crippen LogP contribution is 2.35. The second-order valence-electron chi connectivity index (χ2n) is 8.40. The van der Waals surface area contributed by atoms with Gasteiger partial charge in [-0.3, -0.25) is 4.72 Å². The summed E-state index contributed by atoms with van der Waals surface area (Å²) in [7, 11) is -3.56. The lowest BCUT2D eigenvalue weighted by molar-refractivity contribution is 0.161. The predicted octanol–water partition coefficient (Wildman–Crippen LogP) is 4.31. The van der Waals surface area contributed by atoms with E-state index in [1.165, 1.54) is 6.20 Å². The SMILES string of the molecule is CS(=O)(=O)Nc1cnc(C2=CCOCC2)nc1N1CC(c2ccccc2)C(c2ccc(Cl)cc2)=N1. The number of hydrogen-bond donors (Lipinski definition) is 1. The van der Waals surface area contributed by atoms with E-state index in [-0.39, 0.29) is 11.6 Å². The molecular formula is C25H24ClN5O3S. The smallest absolute Gasteiger partial charge is 0.229 e. The fraction of sp³-hybridized carbons (Fsp3) is 0.240. The van der Waals surface area contributed by atoms with E-state index in [0.29, 0.717) is 42.8 Å². The minimum Gasteiger partial charge on any atom is -0.377 e. The molecule has 10 heteroatoms. The lowest BCUT2D eigenvalue weighted by atomic mass is 9.91. The second-order valence-corrected chi connectivity index (χ2v) is 10.6. The van der Waals surface area contributed by atoms with Crippen molar-refractivity contribution in [1.29, 1.82) is 0 Å². The Hall–Kier alpha value is -3.27. The number of benzene rings is 2. The molecule has 1 atom stereocenters. The molecule has 5 rings (SSSR count). The highest BCUT2D eigenvalue weighted by molar-refractivity contribution is 7.92. The maximum Gasteiger partial charge on any atom is 0.229 e. The number of hydrogen-bond acceptors (Lipinski definition) is 7. The Labute approximate surface area is 209 Å². The summed E-state index contributed by atoms with van der Waals surface area (Å²) < 4.78 is 32.2. The van der Waals surface area contributed by atoms with Crippen molar-refractivity contribution >= 4 is 44.4 Å². The number of aromatic nitrogens is 2. The number of sulfonamides is 1. The molecule has 0 bridgehead atoms. The molecule has 35 heavy (non-hydrogen) atoms. The van der Waals surface area contributed by atoms with Crippen molar-refractivity contribution in [3.05, 3.63) is 88.8 Å². The molecule has 0 amide bonds. The van der Waals surface area contributed by atoms with Crippen LogP contribution in [0.2, 0.25) is 5.02 Å². The molecule has 2 aliphatic rings. The average Bonchev–Trinajstić information content (AvgIpc) is 3.30. The molecule has 0 fully saturated rings. The van der Waals surface area contributed by atoms with Crippen molar-refractivity contribution in [2.45, 2.75) is 12.3 Å². The number of ether oxygens (including phenoxy) is 1. The van der Waals surface area contributed by atoms with Crippen LogP contribution in [0.4, 0.5) is 11.5 Å². The third-order valence-electron chi connectivity index (χ3n) is 5.81. The van der Waals surface area contributed by atoms with Crippen LogP contribution in [0, 0.1) is 0 Å². The van der Waals surface area contributed by atoms with Crippen molar-refractivity contribution < 1.29 is 13.2 Å². The van der Waals surface area contributed by atoms with Crippen molar-refractivity contribution in [3.8, 4) is 0 Å². The van der Waals surface area contributed by atoms with Gasteiger partial charge in [-0.2, -0.15) is 5.10 Å². The van der Waals surface area contributed by atoms with Gasteiger partial charge in [-0.1, -0.05) is 60.1 Å². The Bertz CT molecular complexity index is 1390. The molecule has 1 unspecified atom stereocenters. The Morgan fingerprint density at radius 1 is 1.11 bits per heavy atom. The van der Waals surface area contributed by atoms with Crippen molar-refractivity contribution in [2.24, 2.45) is 5.10 Å². The molecule has 180 valence electrons. The van der Waals surface area contributed by atoms with Crippen LogP contribution in [-0.4, -0.2) is 50.1 Å². The Kier molecular flexibility index (Phi) is 6.55. The molecule has 0 saturated carbocycles. The van der Waals surface area contributed by atoms with Crippen LogP contribution in [0.5, 0.6) is 0 Å². The lowest BCUT2D eigenvalue weighted by Crippen LogP contribution is -2.22. The van der Waals surface area contributed by atoms with Gasteiger partial charge in [0.15, 0.2) is 11.6 Å². The van der Waals surface area contributed by atoms with E-state index < -0.39 is 10.0 Å². The number of nitrogens with one attached hydrogen (secondary N) is 1. The summed E-state index contributed by atoms with van der Waals surface area (Å²) in [5.74, 6) is 0.885. The first-order chi connectivity index (χ1) is 16.9. The summed E-state index contributed by atoms with van der Waals surface area (Å²) in [4.78, 5) is 9.20. The van der Waals surface area contributed by atoms with Gasteiger partial charge in [0, 0.05) is 10.9 Å². The first-order valence-electron chi connectivity index (χ1n) is 11.2. The number of halogens is 1. The summed E-state index contributed by atoms with van der Waals surface area (Å²) in [6, 6.07) is 17.6. The van der Waals surface area contributed by atoms with E-state index in [0.717, 1.165) is 28.7 Å². The van der Waals surface area contributed by atoms with E-state index in [1.807, 2.05) is 48.5 Å². The van der Waals surface area contributed by atoms with Gasteiger partial charge in [0.1, 0.15) is 5.69 Å². The zero-order valence-corrected chi connectivity index (χ0v) is 20.6. The van der Waals surface area contributed by atoms with Crippen LogP contribution in [0.25, 0.3) is 5.57 Å². The van der Waals surface area contributed by atoms with Crippen molar-refractivity contribution in [1.82, 2.24) is 9.97 Å². The summed E-state index contributed by atoms with van der Waals surface area (Å²) >= 11 is 6.12. The molecule has 0 aliphatic carbocycles. The van der Waals surface area contributed by atoms with Crippen LogP contribution in [0.1, 0.15) is 29.3 Å². The molecule has 0 spiro atoms. The number of rotatable bonds is 6. The van der Waals surface area contributed by atoms with Crippen molar-refractivity contribution in [2.75, 3.05) is 35.7 Å². The first-order valence-corrected chi connectivity index (χ1v) is 13.4. The van der Waals surface area contributed by atoms with Gasteiger partial charge in [-0.15, -0.1) is 0 Å². The highest BCUT2D eigenvalue weighted by atomic mass is 35.5. The van der Waals surface area contributed by atoms with Crippen LogP contribution in [0.15, 0.2) is 72.0 Å². The molecule has 3 aromatic rings. The Morgan fingerprint density at radius 2 is 1.89 bits per heavy atom. The number of anilines is 2. The summed E-state index contributed by atoms with van der Waals surface area (Å²) in [6.45, 7) is 1.57. The fourth-order valence-electron chi connectivity index (χ4n) is 4.19. The van der Waals surface area contributed by atoms with Gasteiger partial charge in [0.05, 0.1) is 37.9 Å². The molecule has 3 heterocycles. The Morgan fingerprint density at radius 3 is 2.57 bits per heavy atom. The molecule has 0 saturated heterocycles. The Balaban J connectivity index is 1.61. The third-order valence-corrected chi connectivity index (χ3v) is 6.66. The van der Waals surface area contributed by atoms with Gasteiger partial charge in [-0.25, -0.2) is 23.4 Å². The molecule has 0 radical (unpaired) electrons. The minimum absolute atomic E-state index is 0.0517. The zero-order chi connectivity index (χ0) is 24.4. The van der Waals surface area contributed by atoms with Crippen LogP contribution < -0.4 is 9.73 Å². The average molecular weight is 510 g/mol. The predicted molar refractivity (Wildman–Crippen MR) is 138 cm³/mol. The molecule has 8 nitrogen and oxygen atoms in total. The molecule has 1 aromatic heterocycles. The number of nitrogens with zero attached hydrogens (tertiary/aromatic N) is 4. The van der Waals surface area contributed by atoms with E-state index in [2.05, 4.69) is 21.8 Å². The minimum atomic E-state index is -3.56. The lowest BCUT2D eigenvalue weighted by Gasteiger charge is -2.20. The van der Waals surface area contributed by atoms with Gasteiger partial charge < -0.3 is 4.74 Å². The standard InChI is InChI=1S/C25H24ClN5O3S/c1-35(32,33)30-22-15-27-24(19-11-13-34-14-12-19)28-25(22)31-16-21(17-5-3-2-4-6-17)23(29-31)18-7-9-20(26)10-8-18/h2-11,15,21,30H,12-14,16H2,1H3. The van der Waals surface area contributed by atoms with E-state index in [9.17, 15) is 8.42 Å². The van der Waals surface area contributed by atoms with E-state index >= 15 is 0 Å². The normalized spacial score (nSPS) is 18.2. The van der Waals surface area contributed by atoms with Gasteiger partial charge in [0.2, 0.25) is 10.0 Å². The van der Waals surface area contributed by atoms with Gasteiger partial charge >= 0.3 is 0 Å². The summed E-state index contributed by atoms with van der Waals surface area (Å²) in [5.41, 5.74) is 4.12. The van der Waals surface area contributed by atoms with Crippen LogP contribution in [-0.2, 0) is 14.8 Å². The van der Waals surface area contributed by atoms with Gasteiger partial charge in [0.25, 0.3) is 0 Å². The van der Waals surface area contributed by atoms with Crippen LogP contribution in [0.3, 0.4) is 0 Å².